The molecule has 0 N–H and O–H groups in total. The van der Waals surface area contributed by atoms with E-state index in [4.69, 9.17) is 4.74 Å². The number of ether oxygens (including phenoxy) is 1. The third kappa shape index (κ3) is 3.13. The van der Waals surface area contributed by atoms with E-state index in [1.54, 1.807) is 31.2 Å². The van der Waals surface area contributed by atoms with Crippen molar-refractivity contribution in [1.82, 2.24) is 0 Å². The van der Waals surface area contributed by atoms with Crippen molar-refractivity contribution >= 4 is 17.5 Å². The van der Waals surface area contributed by atoms with E-state index in [1.807, 2.05) is 6.07 Å². The first-order valence-corrected chi connectivity index (χ1v) is 6.92. The van der Waals surface area contributed by atoms with Crippen LogP contribution in [-0.4, -0.2) is 24.1 Å². The van der Waals surface area contributed by atoms with Crippen molar-refractivity contribution in [3.63, 3.8) is 0 Å². The lowest BCUT2D eigenvalue weighted by Crippen LogP contribution is -2.35. The van der Waals surface area contributed by atoms with Crippen molar-refractivity contribution in [2.75, 3.05) is 6.61 Å². The van der Waals surface area contributed by atoms with Crippen molar-refractivity contribution in [3.8, 4) is 0 Å². The van der Waals surface area contributed by atoms with Crippen molar-refractivity contribution in [2.24, 2.45) is 11.8 Å². The van der Waals surface area contributed by atoms with Crippen LogP contribution in [0.25, 0.3) is 0 Å². The molecule has 1 aliphatic rings. The Labute approximate surface area is 118 Å². The molecule has 0 saturated heterocycles. The first-order chi connectivity index (χ1) is 9.63. The van der Waals surface area contributed by atoms with Gasteiger partial charge in [0, 0.05) is 12.0 Å². The molecule has 4 nitrogen and oxygen atoms in total. The van der Waals surface area contributed by atoms with Crippen molar-refractivity contribution in [2.45, 2.75) is 26.2 Å². The third-order valence-corrected chi connectivity index (χ3v) is 3.64. The maximum absolute atomic E-state index is 12.4. The average Bonchev–Trinajstić information content (AvgIpc) is 2.48. The Balaban J connectivity index is 2.11. The molecule has 1 fully saturated rings. The number of carbonyl (C=O) groups is 3. The minimum atomic E-state index is -0.708. The minimum absolute atomic E-state index is 0.0700. The lowest BCUT2D eigenvalue weighted by molar-refractivity contribution is -0.150. The van der Waals surface area contributed by atoms with E-state index >= 15 is 0 Å². The van der Waals surface area contributed by atoms with Gasteiger partial charge in [0.25, 0.3) is 0 Å². The van der Waals surface area contributed by atoms with Gasteiger partial charge in [-0.3, -0.25) is 14.4 Å². The molecule has 0 aromatic heterocycles. The van der Waals surface area contributed by atoms with Gasteiger partial charge in [0.05, 0.1) is 18.4 Å². The second-order valence-electron chi connectivity index (χ2n) is 4.97. The Kier molecular flexibility index (Phi) is 4.66. The summed E-state index contributed by atoms with van der Waals surface area (Å²) in [6.07, 6.45) is 1.02. The topological polar surface area (TPSA) is 60.4 Å². The van der Waals surface area contributed by atoms with Crippen LogP contribution >= 0.6 is 0 Å². The van der Waals surface area contributed by atoms with Gasteiger partial charge >= 0.3 is 5.97 Å². The Morgan fingerprint density at radius 3 is 2.60 bits per heavy atom. The van der Waals surface area contributed by atoms with Crippen LogP contribution in [0.5, 0.6) is 0 Å². The predicted molar refractivity (Wildman–Crippen MR) is 73.2 cm³/mol. The van der Waals surface area contributed by atoms with Gasteiger partial charge in [-0.15, -0.1) is 0 Å². The van der Waals surface area contributed by atoms with Crippen molar-refractivity contribution < 1.29 is 19.1 Å². The molecule has 1 aliphatic carbocycles. The van der Waals surface area contributed by atoms with E-state index in [-0.39, 0.29) is 36.3 Å². The van der Waals surface area contributed by atoms with Gasteiger partial charge < -0.3 is 4.74 Å². The molecule has 0 aliphatic heterocycles. The molecule has 0 heterocycles. The summed E-state index contributed by atoms with van der Waals surface area (Å²) in [7, 11) is 0. The highest BCUT2D eigenvalue weighted by molar-refractivity contribution is 6.11. The number of rotatable bonds is 4. The maximum atomic E-state index is 12.4. The molecule has 2 atom stereocenters. The van der Waals surface area contributed by atoms with E-state index in [0.717, 1.165) is 0 Å². The first kappa shape index (κ1) is 14.4. The van der Waals surface area contributed by atoms with Gasteiger partial charge in [-0.1, -0.05) is 30.3 Å². The van der Waals surface area contributed by atoms with Crippen molar-refractivity contribution in [1.29, 1.82) is 0 Å². The molecule has 2 unspecified atom stereocenters. The van der Waals surface area contributed by atoms with Crippen LogP contribution in [0.1, 0.15) is 36.5 Å². The highest BCUT2D eigenvalue weighted by Crippen LogP contribution is 2.29. The minimum Gasteiger partial charge on any atom is -0.466 e. The molecule has 1 saturated carbocycles. The van der Waals surface area contributed by atoms with E-state index < -0.39 is 5.92 Å². The summed E-state index contributed by atoms with van der Waals surface area (Å²) in [4.78, 5) is 36.1. The Bertz CT molecular complexity index is 506. The maximum Gasteiger partial charge on any atom is 0.308 e. The molecule has 0 amide bonds. The zero-order chi connectivity index (χ0) is 14.5. The number of hydrogen-bond acceptors (Lipinski definition) is 4. The summed E-state index contributed by atoms with van der Waals surface area (Å²) in [6, 6.07) is 8.75. The highest BCUT2D eigenvalue weighted by atomic mass is 16.5. The van der Waals surface area contributed by atoms with Crippen LogP contribution < -0.4 is 0 Å². The summed E-state index contributed by atoms with van der Waals surface area (Å²) in [6.45, 7) is 2.07. The number of esters is 1. The lowest BCUT2D eigenvalue weighted by Gasteiger charge is -2.25. The third-order valence-electron chi connectivity index (χ3n) is 3.64. The summed E-state index contributed by atoms with van der Waals surface area (Å²) >= 11 is 0. The molecule has 0 radical (unpaired) electrons. The summed E-state index contributed by atoms with van der Waals surface area (Å²) in [5.74, 6) is -1.61. The van der Waals surface area contributed by atoms with Gasteiger partial charge in [0.2, 0.25) is 0 Å². The monoisotopic (exact) mass is 274 g/mol. The van der Waals surface area contributed by atoms with Crippen LogP contribution in [0.3, 0.4) is 0 Å². The fourth-order valence-electron chi connectivity index (χ4n) is 2.56. The zero-order valence-electron chi connectivity index (χ0n) is 11.5. The largest absolute Gasteiger partial charge is 0.466 e. The van der Waals surface area contributed by atoms with Crippen LogP contribution in [0.4, 0.5) is 0 Å². The van der Waals surface area contributed by atoms with Crippen LogP contribution in [-0.2, 0) is 14.3 Å². The second-order valence-corrected chi connectivity index (χ2v) is 4.97. The Hall–Kier alpha value is -1.97. The Morgan fingerprint density at radius 2 is 1.95 bits per heavy atom. The summed E-state index contributed by atoms with van der Waals surface area (Å²) in [5, 5.41) is 0. The molecule has 0 bridgehead atoms. The first-order valence-electron chi connectivity index (χ1n) is 6.92. The molecule has 106 valence electrons. The molecular formula is C16H18O4. The fraction of sp³-hybridized carbons (Fsp3) is 0.438. The number of Topliss-reactive ketones (excluding diaryl/α,β-unsaturated/α-hetero) is 2. The van der Waals surface area contributed by atoms with Crippen LogP contribution in [0.15, 0.2) is 30.3 Å². The molecule has 1 aromatic carbocycles. The molecule has 20 heavy (non-hydrogen) atoms. The molecule has 4 heteroatoms. The number of hydrogen-bond donors (Lipinski definition) is 0. The number of benzene rings is 1. The fourth-order valence-corrected chi connectivity index (χ4v) is 2.56. The van der Waals surface area contributed by atoms with E-state index in [2.05, 4.69) is 0 Å². The highest BCUT2D eigenvalue weighted by Gasteiger charge is 2.37. The number of ketones is 2. The average molecular weight is 274 g/mol. The second kappa shape index (κ2) is 6.46. The van der Waals surface area contributed by atoms with E-state index in [0.29, 0.717) is 18.6 Å². The Morgan fingerprint density at radius 1 is 1.25 bits per heavy atom. The van der Waals surface area contributed by atoms with E-state index in [9.17, 15) is 14.4 Å². The van der Waals surface area contributed by atoms with E-state index in [1.165, 1.54) is 0 Å². The standard InChI is InChI=1S/C16H18O4/c1-2-20-16(19)12-8-9-14(17)13(10-12)15(18)11-6-4-3-5-7-11/h3-7,12-13H,2,8-10H2,1H3. The predicted octanol–water partition coefficient (Wildman–Crippen LogP) is 2.42. The smallest absolute Gasteiger partial charge is 0.308 e. The van der Waals surface area contributed by atoms with Gasteiger partial charge in [-0.25, -0.2) is 0 Å². The normalized spacial score (nSPS) is 22.4. The zero-order valence-corrected chi connectivity index (χ0v) is 11.5. The molecule has 1 aromatic rings. The lowest BCUT2D eigenvalue weighted by atomic mass is 9.77. The molecular weight excluding hydrogens is 256 g/mol. The van der Waals surface area contributed by atoms with Gasteiger partial charge in [-0.05, 0) is 19.8 Å². The van der Waals surface area contributed by atoms with Crippen molar-refractivity contribution in [3.05, 3.63) is 35.9 Å². The van der Waals surface area contributed by atoms with Gasteiger partial charge in [0.1, 0.15) is 5.78 Å². The summed E-state index contributed by atoms with van der Waals surface area (Å²) in [5.41, 5.74) is 0.523. The van der Waals surface area contributed by atoms with Crippen LogP contribution in [0, 0.1) is 11.8 Å². The van der Waals surface area contributed by atoms with Gasteiger partial charge in [0.15, 0.2) is 5.78 Å². The SMILES string of the molecule is CCOC(=O)C1CCC(=O)C(C(=O)c2ccccc2)C1. The quantitative estimate of drug-likeness (QED) is 0.480. The summed E-state index contributed by atoms with van der Waals surface area (Å²) < 4.78 is 4.99. The molecule has 2 rings (SSSR count). The number of carbonyl (C=O) groups excluding carboxylic acids is 3. The van der Waals surface area contributed by atoms with Gasteiger partial charge in [-0.2, -0.15) is 0 Å². The molecule has 0 spiro atoms. The van der Waals surface area contributed by atoms with Crippen LogP contribution in [0.2, 0.25) is 0 Å².